The summed E-state index contributed by atoms with van der Waals surface area (Å²) in [6, 6.07) is 2.44. The maximum Gasteiger partial charge on any atom is 0.194 e. The van der Waals surface area contributed by atoms with Gasteiger partial charge in [0.2, 0.25) is 0 Å². The minimum atomic E-state index is -1.40. The van der Waals surface area contributed by atoms with Gasteiger partial charge in [-0.25, -0.2) is 13.2 Å². The molecule has 0 saturated heterocycles. The van der Waals surface area contributed by atoms with Crippen molar-refractivity contribution >= 4 is 0 Å². The first kappa shape index (κ1) is 13.4. The Bertz CT molecular complexity index is 420. The maximum atomic E-state index is 13.0. The van der Waals surface area contributed by atoms with Gasteiger partial charge in [0.15, 0.2) is 17.5 Å². The molecule has 1 nitrogen and oxygen atoms in total. The van der Waals surface area contributed by atoms with Gasteiger partial charge in [-0.05, 0) is 36.0 Å². The third kappa shape index (κ3) is 2.69. The molecule has 0 spiro atoms. The molecule has 1 unspecified atom stereocenters. The Morgan fingerprint density at radius 3 is 2.33 bits per heavy atom. The van der Waals surface area contributed by atoms with Crippen LogP contribution in [0.1, 0.15) is 38.7 Å². The van der Waals surface area contributed by atoms with E-state index in [1.165, 1.54) is 0 Å². The van der Waals surface area contributed by atoms with Crippen LogP contribution in [0.25, 0.3) is 0 Å². The van der Waals surface area contributed by atoms with Gasteiger partial charge < -0.3 is 5.32 Å². The highest BCUT2D eigenvalue weighted by atomic mass is 19.2. The summed E-state index contributed by atoms with van der Waals surface area (Å²) >= 11 is 0. The van der Waals surface area contributed by atoms with Crippen molar-refractivity contribution in [3.8, 4) is 0 Å². The molecular weight excluding hydrogens is 239 g/mol. The summed E-state index contributed by atoms with van der Waals surface area (Å²) in [5.74, 6) is -3.66. The number of hydrogen-bond donors (Lipinski definition) is 1. The van der Waals surface area contributed by atoms with E-state index in [1.54, 1.807) is 0 Å². The van der Waals surface area contributed by atoms with E-state index < -0.39 is 17.5 Å². The van der Waals surface area contributed by atoms with Gasteiger partial charge in [0.1, 0.15) is 0 Å². The molecular formula is C14H18F3N. The highest BCUT2D eigenvalue weighted by Gasteiger charge is 2.33. The summed E-state index contributed by atoms with van der Waals surface area (Å²) in [6.07, 6.45) is 3.38. The molecule has 1 aliphatic rings. The summed E-state index contributed by atoms with van der Waals surface area (Å²) in [6.45, 7) is 4.73. The van der Waals surface area contributed by atoms with Crippen molar-refractivity contribution < 1.29 is 13.2 Å². The molecule has 0 bridgehead atoms. The van der Waals surface area contributed by atoms with Crippen LogP contribution in [0.15, 0.2) is 12.1 Å². The first-order chi connectivity index (χ1) is 8.40. The van der Waals surface area contributed by atoms with Crippen molar-refractivity contribution in [1.82, 2.24) is 5.32 Å². The fourth-order valence-corrected chi connectivity index (χ4v) is 2.66. The molecule has 1 aromatic carbocycles. The highest BCUT2D eigenvalue weighted by Crippen LogP contribution is 2.37. The van der Waals surface area contributed by atoms with Gasteiger partial charge in [-0.15, -0.1) is 0 Å². The number of benzene rings is 1. The van der Waals surface area contributed by atoms with Crippen molar-refractivity contribution in [3.05, 3.63) is 35.1 Å². The van der Waals surface area contributed by atoms with Crippen LogP contribution in [0, 0.1) is 22.9 Å². The molecule has 1 N–H and O–H groups in total. The molecule has 18 heavy (non-hydrogen) atoms. The fourth-order valence-electron chi connectivity index (χ4n) is 2.66. The number of nitrogens with one attached hydrogen (secondary N) is 1. The summed E-state index contributed by atoms with van der Waals surface area (Å²) in [7, 11) is 0. The summed E-state index contributed by atoms with van der Waals surface area (Å²) in [4.78, 5) is 0. The molecule has 1 aromatic rings. The number of halogens is 3. The maximum absolute atomic E-state index is 13.0. The second-order valence-electron chi connectivity index (χ2n) is 5.69. The molecule has 100 valence electrons. The van der Waals surface area contributed by atoms with Crippen LogP contribution in [0.3, 0.4) is 0 Å². The normalized spacial score (nSPS) is 22.4. The Morgan fingerprint density at radius 1 is 1.22 bits per heavy atom. The zero-order valence-corrected chi connectivity index (χ0v) is 10.7. The van der Waals surface area contributed by atoms with Crippen LogP contribution in [-0.4, -0.2) is 6.04 Å². The molecule has 1 fully saturated rings. The standard InChI is InChI=1S/C14H18F3N/c1-14(2)5-3-4-12(14)18-8-9-6-10(15)13(17)11(16)7-9/h6-7,12,18H,3-5,8H2,1-2H3. The molecule has 0 aliphatic heterocycles. The molecule has 1 atom stereocenters. The van der Waals surface area contributed by atoms with Crippen molar-refractivity contribution in [2.75, 3.05) is 0 Å². The molecule has 1 aliphatic carbocycles. The average molecular weight is 257 g/mol. The first-order valence-electron chi connectivity index (χ1n) is 6.27. The number of rotatable bonds is 3. The topological polar surface area (TPSA) is 12.0 Å². The van der Waals surface area contributed by atoms with Gasteiger partial charge in [0.25, 0.3) is 0 Å². The summed E-state index contributed by atoms with van der Waals surface area (Å²) < 4.78 is 38.9. The van der Waals surface area contributed by atoms with E-state index in [-0.39, 0.29) is 5.41 Å². The Labute approximate surface area is 105 Å². The van der Waals surface area contributed by atoms with Crippen molar-refractivity contribution in [3.63, 3.8) is 0 Å². The fraction of sp³-hybridized carbons (Fsp3) is 0.571. The van der Waals surface area contributed by atoms with Crippen LogP contribution >= 0.6 is 0 Å². The van der Waals surface area contributed by atoms with Gasteiger partial charge in [-0.3, -0.25) is 0 Å². The van der Waals surface area contributed by atoms with E-state index in [0.717, 1.165) is 31.4 Å². The van der Waals surface area contributed by atoms with E-state index in [0.29, 0.717) is 18.2 Å². The Kier molecular flexibility index (Phi) is 3.66. The predicted octanol–water partition coefficient (Wildman–Crippen LogP) is 3.77. The van der Waals surface area contributed by atoms with Crippen LogP contribution in [0.4, 0.5) is 13.2 Å². The molecule has 0 aromatic heterocycles. The zero-order valence-electron chi connectivity index (χ0n) is 10.7. The van der Waals surface area contributed by atoms with Crippen molar-refractivity contribution in [1.29, 1.82) is 0 Å². The predicted molar refractivity (Wildman–Crippen MR) is 64.6 cm³/mol. The van der Waals surface area contributed by atoms with Gasteiger partial charge in [-0.2, -0.15) is 0 Å². The second kappa shape index (κ2) is 4.92. The van der Waals surface area contributed by atoms with E-state index in [2.05, 4.69) is 19.2 Å². The van der Waals surface area contributed by atoms with E-state index in [4.69, 9.17) is 0 Å². The van der Waals surface area contributed by atoms with Crippen LogP contribution in [0.5, 0.6) is 0 Å². The Balaban J connectivity index is 2.03. The van der Waals surface area contributed by atoms with Crippen molar-refractivity contribution in [2.45, 2.75) is 45.7 Å². The minimum Gasteiger partial charge on any atom is -0.309 e. The molecule has 1 saturated carbocycles. The minimum absolute atomic E-state index is 0.205. The molecule has 2 rings (SSSR count). The SMILES string of the molecule is CC1(C)CCCC1NCc1cc(F)c(F)c(F)c1. The van der Waals surface area contributed by atoms with Crippen molar-refractivity contribution in [2.24, 2.45) is 5.41 Å². The van der Waals surface area contributed by atoms with Gasteiger partial charge in [-0.1, -0.05) is 20.3 Å². The quantitative estimate of drug-likeness (QED) is 0.813. The van der Waals surface area contributed by atoms with Gasteiger partial charge >= 0.3 is 0 Å². The summed E-state index contributed by atoms with van der Waals surface area (Å²) in [5, 5.41) is 3.31. The average Bonchev–Trinajstić information content (AvgIpc) is 2.62. The van der Waals surface area contributed by atoms with Gasteiger partial charge in [0.05, 0.1) is 0 Å². The number of hydrogen-bond acceptors (Lipinski definition) is 1. The Hall–Kier alpha value is -1.03. The monoisotopic (exact) mass is 257 g/mol. The van der Waals surface area contributed by atoms with Crippen LogP contribution < -0.4 is 5.32 Å². The lowest BCUT2D eigenvalue weighted by molar-refractivity contribution is 0.282. The van der Waals surface area contributed by atoms with Crippen LogP contribution in [0.2, 0.25) is 0 Å². The molecule has 0 amide bonds. The lowest BCUT2D eigenvalue weighted by atomic mass is 9.87. The third-order valence-corrected chi connectivity index (χ3v) is 3.85. The molecule has 4 heteroatoms. The third-order valence-electron chi connectivity index (χ3n) is 3.85. The van der Waals surface area contributed by atoms with E-state index in [1.807, 2.05) is 0 Å². The first-order valence-corrected chi connectivity index (χ1v) is 6.27. The van der Waals surface area contributed by atoms with E-state index in [9.17, 15) is 13.2 Å². The Morgan fingerprint density at radius 2 is 1.83 bits per heavy atom. The molecule has 0 heterocycles. The highest BCUT2D eigenvalue weighted by molar-refractivity contribution is 5.19. The second-order valence-corrected chi connectivity index (χ2v) is 5.69. The lowest BCUT2D eigenvalue weighted by Crippen LogP contribution is -2.37. The summed E-state index contributed by atoms with van der Waals surface area (Å²) in [5.41, 5.74) is 0.644. The van der Waals surface area contributed by atoms with E-state index >= 15 is 0 Å². The lowest BCUT2D eigenvalue weighted by Gasteiger charge is -2.28. The van der Waals surface area contributed by atoms with Crippen LogP contribution in [-0.2, 0) is 6.54 Å². The smallest absolute Gasteiger partial charge is 0.194 e. The molecule has 0 radical (unpaired) electrons. The zero-order chi connectivity index (χ0) is 13.3. The van der Waals surface area contributed by atoms with Gasteiger partial charge in [0, 0.05) is 12.6 Å². The largest absolute Gasteiger partial charge is 0.309 e.